The van der Waals surface area contributed by atoms with Crippen molar-refractivity contribution < 1.29 is 0 Å². The van der Waals surface area contributed by atoms with Crippen LogP contribution in [-0.4, -0.2) is 24.0 Å². The van der Waals surface area contributed by atoms with E-state index in [1.165, 1.54) is 9.35 Å². The third-order valence-corrected chi connectivity index (χ3v) is 5.46. The predicted octanol–water partition coefficient (Wildman–Crippen LogP) is 4.73. The van der Waals surface area contributed by atoms with E-state index in [1.54, 1.807) is 0 Å². The van der Waals surface area contributed by atoms with Crippen molar-refractivity contribution >= 4 is 27.3 Å². The second-order valence-electron chi connectivity index (χ2n) is 6.71. The van der Waals surface area contributed by atoms with Gasteiger partial charge in [-0.2, -0.15) is 0 Å². The summed E-state index contributed by atoms with van der Waals surface area (Å²) in [5, 5.41) is 2.15. The first-order valence-corrected chi connectivity index (χ1v) is 9.10. The number of hydrogen-bond donors (Lipinski definition) is 1. The van der Waals surface area contributed by atoms with Crippen LogP contribution in [0.4, 0.5) is 0 Å². The first kappa shape index (κ1) is 18.1. The molecule has 2 nitrogen and oxygen atoms in total. The molecule has 1 heterocycles. The lowest BCUT2D eigenvalue weighted by Gasteiger charge is -2.44. The summed E-state index contributed by atoms with van der Waals surface area (Å²) in [7, 11) is 2.23. The number of thiophene rings is 1. The van der Waals surface area contributed by atoms with Crippen LogP contribution in [-0.2, 0) is 6.54 Å². The molecule has 0 bridgehead atoms. The fraction of sp³-hybridized carbons (Fsp3) is 0.750. The van der Waals surface area contributed by atoms with E-state index in [1.807, 2.05) is 11.3 Å². The normalized spacial score (nSPS) is 12.9. The molecule has 116 valence electrons. The van der Waals surface area contributed by atoms with Crippen molar-refractivity contribution in [2.75, 3.05) is 13.6 Å². The first-order chi connectivity index (χ1) is 9.29. The van der Waals surface area contributed by atoms with E-state index in [0.717, 1.165) is 25.9 Å². The molecule has 4 heteroatoms. The third-order valence-electron chi connectivity index (χ3n) is 3.78. The molecule has 0 aliphatic rings. The van der Waals surface area contributed by atoms with Gasteiger partial charge in [0.2, 0.25) is 0 Å². The van der Waals surface area contributed by atoms with Gasteiger partial charge in [0.1, 0.15) is 0 Å². The number of halogens is 1. The zero-order valence-corrected chi connectivity index (χ0v) is 15.9. The average molecular weight is 361 g/mol. The molecule has 0 spiro atoms. The van der Waals surface area contributed by atoms with E-state index in [-0.39, 0.29) is 5.54 Å². The highest BCUT2D eigenvalue weighted by Crippen LogP contribution is 2.32. The molecule has 0 radical (unpaired) electrons. The van der Waals surface area contributed by atoms with Crippen LogP contribution in [0.15, 0.2) is 15.9 Å². The van der Waals surface area contributed by atoms with Gasteiger partial charge in [-0.1, -0.05) is 27.7 Å². The predicted molar refractivity (Wildman–Crippen MR) is 94.2 cm³/mol. The van der Waals surface area contributed by atoms with Crippen LogP contribution in [0.1, 0.15) is 45.4 Å². The number of hydrogen-bond acceptors (Lipinski definition) is 3. The molecular formula is C16H29BrN2S. The van der Waals surface area contributed by atoms with Gasteiger partial charge in [0.05, 0.1) is 0 Å². The molecule has 0 amide bonds. The number of likely N-dealkylation sites (N-methyl/N-ethyl adjacent to an activating group) is 1. The topological polar surface area (TPSA) is 29.3 Å². The minimum Gasteiger partial charge on any atom is -0.329 e. The zero-order valence-electron chi connectivity index (χ0n) is 13.4. The molecule has 0 atom stereocenters. The van der Waals surface area contributed by atoms with Crippen molar-refractivity contribution in [3.63, 3.8) is 0 Å². The lowest BCUT2D eigenvalue weighted by Crippen LogP contribution is -2.53. The molecule has 1 rings (SSSR count). The molecule has 0 saturated heterocycles. The van der Waals surface area contributed by atoms with Gasteiger partial charge >= 0.3 is 0 Å². The summed E-state index contributed by atoms with van der Waals surface area (Å²) in [5.41, 5.74) is 6.33. The Kier molecular flexibility index (Phi) is 7.19. The smallest absolute Gasteiger partial charge is 0.0337 e. The Balaban J connectivity index is 2.89. The lowest BCUT2D eigenvalue weighted by atomic mass is 9.80. The second-order valence-corrected chi connectivity index (χ2v) is 8.62. The van der Waals surface area contributed by atoms with Crippen molar-refractivity contribution in [3.05, 3.63) is 20.8 Å². The van der Waals surface area contributed by atoms with E-state index < -0.39 is 0 Å². The van der Waals surface area contributed by atoms with Crippen LogP contribution < -0.4 is 5.73 Å². The summed E-state index contributed by atoms with van der Waals surface area (Å²) in [6.45, 7) is 10.9. The van der Waals surface area contributed by atoms with Gasteiger partial charge in [-0.05, 0) is 53.7 Å². The van der Waals surface area contributed by atoms with Gasteiger partial charge < -0.3 is 5.73 Å². The Labute approximate surface area is 136 Å². The minimum atomic E-state index is 0.110. The summed E-state index contributed by atoms with van der Waals surface area (Å²) in [6, 6.07) is 2.22. The highest BCUT2D eigenvalue weighted by atomic mass is 79.9. The molecule has 0 saturated carbocycles. The van der Waals surface area contributed by atoms with Crippen molar-refractivity contribution in [1.29, 1.82) is 0 Å². The fourth-order valence-corrected chi connectivity index (χ4v) is 4.58. The Morgan fingerprint density at radius 3 is 2.15 bits per heavy atom. The molecule has 20 heavy (non-hydrogen) atoms. The summed E-state index contributed by atoms with van der Waals surface area (Å²) >= 11 is 5.35. The summed E-state index contributed by atoms with van der Waals surface area (Å²) in [5.74, 6) is 1.32. The largest absolute Gasteiger partial charge is 0.329 e. The molecule has 0 unspecified atom stereocenters. The van der Waals surface area contributed by atoms with Crippen molar-refractivity contribution in [2.24, 2.45) is 17.6 Å². The number of rotatable bonds is 8. The molecule has 0 aliphatic heterocycles. The van der Waals surface area contributed by atoms with E-state index >= 15 is 0 Å². The highest BCUT2D eigenvalue weighted by Gasteiger charge is 2.34. The summed E-state index contributed by atoms with van der Waals surface area (Å²) < 4.78 is 1.18. The average Bonchev–Trinajstić information content (AvgIpc) is 2.72. The third kappa shape index (κ3) is 5.14. The minimum absolute atomic E-state index is 0.110. The molecule has 0 aliphatic carbocycles. The molecule has 0 aromatic carbocycles. The Morgan fingerprint density at radius 2 is 1.80 bits per heavy atom. The SMILES string of the molecule is CC(C)CC(CN)(CC(C)C)N(C)Cc1cc(Br)cs1. The Morgan fingerprint density at radius 1 is 1.25 bits per heavy atom. The van der Waals surface area contributed by atoms with Gasteiger partial charge in [-0.15, -0.1) is 11.3 Å². The highest BCUT2D eigenvalue weighted by molar-refractivity contribution is 9.10. The molecule has 2 N–H and O–H groups in total. The van der Waals surface area contributed by atoms with Gasteiger partial charge in [-0.25, -0.2) is 0 Å². The molecule has 1 aromatic heterocycles. The van der Waals surface area contributed by atoms with Crippen molar-refractivity contribution in [3.8, 4) is 0 Å². The Hall–Kier alpha value is 0.1000. The van der Waals surface area contributed by atoms with Crippen LogP contribution >= 0.6 is 27.3 Å². The first-order valence-electron chi connectivity index (χ1n) is 7.43. The van der Waals surface area contributed by atoms with Gasteiger partial charge in [-0.3, -0.25) is 4.90 Å². The second kappa shape index (κ2) is 7.92. The van der Waals surface area contributed by atoms with Crippen molar-refractivity contribution in [1.82, 2.24) is 4.90 Å². The van der Waals surface area contributed by atoms with E-state index in [9.17, 15) is 0 Å². The molecular weight excluding hydrogens is 332 g/mol. The van der Waals surface area contributed by atoms with Crippen LogP contribution in [0.3, 0.4) is 0 Å². The number of nitrogens with zero attached hydrogens (tertiary/aromatic N) is 1. The molecule has 1 aromatic rings. The maximum absolute atomic E-state index is 6.22. The number of nitrogens with two attached hydrogens (primary N) is 1. The van der Waals surface area contributed by atoms with Crippen LogP contribution in [0.25, 0.3) is 0 Å². The maximum Gasteiger partial charge on any atom is 0.0337 e. The van der Waals surface area contributed by atoms with Crippen LogP contribution in [0, 0.1) is 11.8 Å². The standard InChI is InChI=1S/C16H29BrN2S/c1-12(2)7-16(11-18,8-13(3)4)19(5)9-15-6-14(17)10-20-15/h6,10,12-13H,7-9,11,18H2,1-5H3. The maximum atomic E-state index is 6.22. The van der Waals surface area contributed by atoms with Gasteiger partial charge in [0, 0.05) is 33.4 Å². The monoisotopic (exact) mass is 360 g/mol. The van der Waals surface area contributed by atoms with Gasteiger partial charge in [0.25, 0.3) is 0 Å². The van der Waals surface area contributed by atoms with Crippen LogP contribution in [0.2, 0.25) is 0 Å². The fourth-order valence-electron chi connectivity index (χ4n) is 3.08. The quantitative estimate of drug-likeness (QED) is 0.725. The summed E-state index contributed by atoms with van der Waals surface area (Å²) in [4.78, 5) is 3.87. The molecule has 0 fully saturated rings. The van der Waals surface area contributed by atoms with E-state index in [2.05, 4.69) is 67.0 Å². The van der Waals surface area contributed by atoms with E-state index in [0.29, 0.717) is 11.8 Å². The van der Waals surface area contributed by atoms with Crippen LogP contribution in [0.5, 0.6) is 0 Å². The van der Waals surface area contributed by atoms with E-state index in [4.69, 9.17) is 5.73 Å². The Bertz CT molecular complexity index is 391. The summed E-state index contributed by atoms with van der Waals surface area (Å²) in [6.07, 6.45) is 2.31. The zero-order chi connectivity index (χ0) is 15.3. The van der Waals surface area contributed by atoms with Gasteiger partial charge in [0.15, 0.2) is 0 Å². The van der Waals surface area contributed by atoms with Crippen molar-refractivity contribution in [2.45, 2.75) is 52.6 Å². The lowest BCUT2D eigenvalue weighted by molar-refractivity contribution is 0.0722.